The summed E-state index contributed by atoms with van der Waals surface area (Å²) in [5.41, 5.74) is 0.147. The standard InChI is InChI=1S/C27H38N2O6/c1-6-7-8-9-10-17-29(26(32)28-23-16-15-22(33-4)18-24(23)34-5)19-20-11-13-21(14-12-20)35-27(2,3)25(30)31/h11-16,18H,6-10,17,19H2,1-5H3,(H,28,32)(H,30,31). The molecule has 2 amide bonds. The van der Waals surface area contributed by atoms with Gasteiger partial charge in [0.2, 0.25) is 0 Å². The van der Waals surface area contributed by atoms with Crippen LogP contribution in [0.25, 0.3) is 0 Å². The Morgan fingerprint density at radius 2 is 1.60 bits per heavy atom. The number of carbonyl (C=O) groups excluding carboxylic acids is 1. The number of anilines is 1. The molecule has 2 rings (SSSR count). The molecule has 0 saturated carbocycles. The first-order valence-corrected chi connectivity index (χ1v) is 12.0. The van der Waals surface area contributed by atoms with Gasteiger partial charge in [-0.25, -0.2) is 9.59 Å². The van der Waals surface area contributed by atoms with E-state index in [1.165, 1.54) is 20.3 Å². The number of hydrogen-bond acceptors (Lipinski definition) is 5. The second-order valence-corrected chi connectivity index (χ2v) is 8.89. The molecule has 0 aliphatic rings. The minimum atomic E-state index is -1.33. The van der Waals surface area contributed by atoms with E-state index in [0.717, 1.165) is 31.2 Å². The van der Waals surface area contributed by atoms with Crippen LogP contribution in [-0.4, -0.2) is 48.4 Å². The number of benzene rings is 2. The number of nitrogens with one attached hydrogen (secondary N) is 1. The van der Waals surface area contributed by atoms with Crippen molar-refractivity contribution >= 4 is 17.7 Å². The zero-order valence-corrected chi connectivity index (χ0v) is 21.4. The van der Waals surface area contributed by atoms with Crippen LogP contribution in [0.1, 0.15) is 58.4 Å². The van der Waals surface area contributed by atoms with Gasteiger partial charge in [-0.1, -0.05) is 44.7 Å². The van der Waals surface area contributed by atoms with E-state index in [2.05, 4.69) is 12.2 Å². The van der Waals surface area contributed by atoms with Gasteiger partial charge in [0.1, 0.15) is 17.2 Å². The maximum Gasteiger partial charge on any atom is 0.347 e. The van der Waals surface area contributed by atoms with Gasteiger partial charge >= 0.3 is 12.0 Å². The number of unbranched alkanes of at least 4 members (excludes halogenated alkanes) is 4. The average Bonchev–Trinajstić information content (AvgIpc) is 2.84. The van der Waals surface area contributed by atoms with E-state index in [-0.39, 0.29) is 6.03 Å². The maximum absolute atomic E-state index is 13.2. The third-order valence-electron chi connectivity index (χ3n) is 5.65. The highest BCUT2D eigenvalue weighted by atomic mass is 16.5. The first-order valence-electron chi connectivity index (χ1n) is 12.0. The first kappa shape index (κ1) is 27.8. The number of urea groups is 1. The molecular weight excluding hydrogens is 448 g/mol. The van der Waals surface area contributed by atoms with Crippen LogP contribution in [0.5, 0.6) is 17.2 Å². The van der Waals surface area contributed by atoms with Crippen molar-refractivity contribution in [2.75, 3.05) is 26.1 Å². The molecule has 2 aromatic rings. The summed E-state index contributed by atoms with van der Waals surface area (Å²) >= 11 is 0. The van der Waals surface area contributed by atoms with E-state index >= 15 is 0 Å². The Bertz CT molecular complexity index is 959. The van der Waals surface area contributed by atoms with Gasteiger partial charge in [-0.2, -0.15) is 0 Å². The SMILES string of the molecule is CCCCCCCN(Cc1ccc(OC(C)(C)C(=O)O)cc1)C(=O)Nc1ccc(OC)cc1OC. The van der Waals surface area contributed by atoms with Crippen molar-refractivity contribution in [3.05, 3.63) is 48.0 Å². The molecule has 0 unspecified atom stereocenters. The monoisotopic (exact) mass is 486 g/mol. The van der Waals surface area contributed by atoms with Crippen LogP contribution in [-0.2, 0) is 11.3 Å². The number of hydrogen-bond donors (Lipinski definition) is 2. The van der Waals surface area contributed by atoms with Crippen molar-refractivity contribution in [2.24, 2.45) is 0 Å². The topological polar surface area (TPSA) is 97.3 Å². The molecule has 0 fully saturated rings. The highest BCUT2D eigenvalue weighted by Crippen LogP contribution is 2.29. The van der Waals surface area contributed by atoms with Crippen molar-refractivity contribution in [1.82, 2.24) is 4.90 Å². The van der Waals surface area contributed by atoms with Gasteiger partial charge in [-0.05, 0) is 50.1 Å². The summed E-state index contributed by atoms with van der Waals surface area (Å²) in [5, 5.41) is 12.2. The summed E-state index contributed by atoms with van der Waals surface area (Å²) in [4.78, 5) is 26.3. The summed E-state index contributed by atoms with van der Waals surface area (Å²) in [6.45, 7) is 6.19. The number of carboxylic acid groups (broad SMARTS) is 1. The fraction of sp³-hybridized carbons (Fsp3) is 0.481. The average molecular weight is 487 g/mol. The molecule has 0 saturated heterocycles. The molecule has 0 spiro atoms. The van der Waals surface area contributed by atoms with Gasteiger partial charge in [0, 0.05) is 19.2 Å². The summed E-state index contributed by atoms with van der Waals surface area (Å²) in [5.74, 6) is 0.574. The fourth-order valence-corrected chi connectivity index (χ4v) is 3.48. The molecule has 0 aromatic heterocycles. The van der Waals surface area contributed by atoms with Gasteiger partial charge in [0.25, 0.3) is 0 Å². The largest absolute Gasteiger partial charge is 0.497 e. The predicted molar refractivity (Wildman–Crippen MR) is 137 cm³/mol. The van der Waals surface area contributed by atoms with Crippen molar-refractivity contribution < 1.29 is 28.9 Å². The highest BCUT2D eigenvalue weighted by molar-refractivity contribution is 5.91. The smallest absolute Gasteiger partial charge is 0.347 e. The molecule has 0 aliphatic heterocycles. The number of ether oxygens (including phenoxy) is 3. The summed E-state index contributed by atoms with van der Waals surface area (Å²) in [7, 11) is 3.12. The molecule has 0 radical (unpaired) electrons. The molecule has 192 valence electrons. The molecule has 8 nitrogen and oxygen atoms in total. The van der Waals surface area contributed by atoms with Gasteiger partial charge in [-0.3, -0.25) is 0 Å². The molecule has 0 bridgehead atoms. The zero-order valence-electron chi connectivity index (χ0n) is 21.4. The molecular formula is C27H38N2O6. The Hall–Kier alpha value is -3.42. The van der Waals surface area contributed by atoms with E-state index in [1.54, 1.807) is 49.5 Å². The first-order chi connectivity index (χ1) is 16.7. The second kappa shape index (κ2) is 13.5. The number of methoxy groups -OCH3 is 2. The van der Waals surface area contributed by atoms with Crippen LogP contribution in [0, 0.1) is 0 Å². The zero-order chi connectivity index (χ0) is 25.8. The third kappa shape index (κ3) is 8.70. The van der Waals surface area contributed by atoms with Crippen LogP contribution >= 0.6 is 0 Å². The lowest BCUT2D eigenvalue weighted by Gasteiger charge is -2.25. The van der Waals surface area contributed by atoms with Crippen molar-refractivity contribution in [2.45, 2.75) is 65.0 Å². The number of rotatable bonds is 14. The van der Waals surface area contributed by atoms with Crippen LogP contribution in [0.3, 0.4) is 0 Å². The van der Waals surface area contributed by atoms with E-state index in [9.17, 15) is 14.7 Å². The summed E-state index contributed by atoms with van der Waals surface area (Å²) in [6, 6.07) is 12.2. The number of amides is 2. The normalized spacial score (nSPS) is 11.0. The minimum Gasteiger partial charge on any atom is -0.497 e. The third-order valence-corrected chi connectivity index (χ3v) is 5.65. The number of aliphatic carboxylic acids is 1. The Morgan fingerprint density at radius 1 is 0.943 bits per heavy atom. The molecule has 35 heavy (non-hydrogen) atoms. The Morgan fingerprint density at radius 3 is 2.20 bits per heavy atom. The van der Waals surface area contributed by atoms with Crippen molar-refractivity contribution in [3.63, 3.8) is 0 Å². The Kier molecular flexibility index (Phi) is 10.7. The van der Waals surface area contributed by atoms with Gasteiger partial charge in [0.05, 0.1) is 19.9 Å². The molecule has 2 N–H and O–H groups in total. The van der Waals surface area contributed by atoms with E-state index < -0.39 is 11.6 Å². The van der Waals surface area contributed by atoms with Gasteiger partial charge in [0.15, 0.2) is 5.60 Å². The number of carboxylic acids is 1. The lowest BCUT2D eigenvalue weighted by atomic mass is 10.1. The maximum atomic E-state index is 13.2. The highest BCUT2D eigenvalue weighted by Gasteiger charge is 2.29. The van der Waals surface area contributed by atoms with E-state index in [1.807, 2.05) is 12.1 Å². The molecule has 0 atom stereocenters. The van der Waals surface area contributed by atoms with Crippen LogP contribution in [0.15, 0.2) is 42.5 Å². The minimum absolute atomic E-state index is 0.226. The van der Waals surface area contributed by atoms with Gasteiger partial charge in [-0.15, -0.1) is 0 Å². The molecule has 8 heteroatoms. The van der Waals surface area contributed by atoms with Gasteiger partial charge < -0.3 is 29.5 Å². The Labute approximate surface area is 208 Å². The summed E-state index contributed by atoms with van der Waals surface area (Å²) in [6.07, 6.45) is 5.45. The van der Waals surface area contributed by atoms with E-state index in [0.29, 0.717) is 36.0 Å². The molecule has 0 heterocycles. The quantitative estimate of drug-likeness (QED) is 0.320. The number of nitrogens with zero attached hydrogens (tertiary/aromatic N) is 1. The van der Waals surface area contributed by atoms with E-state index in [4.69, 9.17) is 14.2 Å². The lowest BCUT2D eigenvalue weighted by Crippen LogP contribution is -2.37. The van der Waals surface area contributed by atoms with Crippen LogP contribution < -0.4 is 19.5 Å². The van der Waals surface area contributed by atoms with Crippen molar-refractivity contribution in [1.29, 1.82) is 0 Å². The van der Waals surface area contributed by atoms with Crippen LogP contribution in [0.4, 0.5) is 10.5 Å². The lowest BCUT2D eigenvalue weighted by molar-refractivity contribution is -0.152. The predicted octanol–water partition coefficient (Wildman–Crippen LogP) is 5.95. The molecule has 0 aliphatic carbocycles. The van der Waals surface area contributed by atoms with Crippen LogP contribution in [0.2, 0.25) is 0 Å². The summed E-state index contributed by atoms with van der Waals surface area (Å²) < 4.78 is 16.2. The Balaban J connectivity index is 2.13. The second-order valence-electron chi connectivity index (χ2n) is 8.89. The molecule has 2 aromatic carbocycles. The number of carbonyl (C=O) groups is 2. The fourth-order valence-electron chi connectivity index (χ4n) is 3.48. The van der Waals surface area contributed by atoms with Crippen molar-refractivity contribution in [3.8, 4) is 17.2 Å².